The first-order chi connectivity index (χ1) is 14.2. The molecule has 0 aromatic carbocycles. The number of rotatable bonds is 13. The van der Waals surface area contributed by atoms with E-state index in [1.165, 1.54) is 6.66 Å². The summed E-state index contributed by atoms with van der Waals surface area (Å²) >= 11 is 0. The fraction of sp³-hybridized carbons (Fsp3) is 0.800. The highest BCUT2D eigenvalue weighted by atomic mass is 31.2. The predicted molar refractivity (Wildman–Crippen MR) is 115 cm³/mol. The van der Waals surface area contributed by atoms with Crippen molar-refractivity contribution in [2.75, 3.05) is 26.6 Å². The summed E-state index contributed by atoms with van der Waals surface area (Å²) in [5.41, 5.74) is -1.45. The van der Waals surface area contributed by atoms with Gasteiger partial charge in [-0.05, 0) is 27.2 Å². The van der Waals surface area contributed by atoms with E-state index in [1.54, 1.807) is 34.6 Å². The Morgan fingerprint density at radius 1 is 1.16 bits per heavy atom. The van der Waals surface area contributed by atoms with Gasteiger partial charge in [-0.3, -0.25) is 28.0 Å². The van der Waals surface area contributed by atoms with Crippen molar-refractivity contribution in [3.05, 3.63) is 0 Å². The molecule has 0 saturated carbocycles. The second-order valence-electron chi connectivity index (χ2n) is 8.70. The normalized spacial score (nSPS) is 14.6. The van der Waals surface area contributed by atoms with Crippen LogP contribution in [0.15, 0.2) is 0 Å². The van der Waals surface area contributed by atoms with Gasteiger partial charge in [0.05, 0.1) is 24.3 Å². The molecule has 180 valence electrons. The molecule has 31 heavy (non-hydrogen) atoms. The summed E-state index contributed by atoms with van der Waals surface area (Å²) in [6, 6.07) is 1.86. The summed E-state index contributed by atoms with van der Waals surface area (Å²) in [6.07, 6.45) is -0.601. The van der Waals surface area contributed by atoms with Crippen LogP contribution in [0, 0.1) is 22.2 Å². The van der Waals surface area contributed by atoms with Crippen molar-refractivity contribution < 1.29 is 38.9 Å². The van der Waals surface area contributed by atoms with Crippen molar-refractivity contribution in [1.82, 2.24) is 5.32 Å². The van der Waals surface area contributed by atoms with E-state index in [9.17, 15) is 18.9 Å². The number of carbonyl (C=O) groups is 3. The quantitative estimate of drug-likeness (QED) is 0.188. The molecule has 2 atom stereocenters. The average molecular weight is 464 g/mol. The van der Waals surface area contributed by atoms with Crippen LogP contribution in [0.5, 0.6) is 0 Å². The molecule has 0 bridgehead atoms. The molecule has 0 aliphatic rings. The average Bonchev–Trinajstić information content (AvgIpc) is 2.65. The van der Waals surface area contributed by atoms with Crippen LogP contribution in [0.2, 0.25) is 0 Å². The standard InChI is InChI=1S/C20H35N2O8P.H2/c1-8-20(5,6)16(17(24)22-12-10-15(23)27-13-9-11-21)30-31(7,26)29-14-28-18(25)19(2,3)4;/h16H,8-10,12-14H2,1-7H3,(H,22,24);1H/t16-,31-;/m0./s1. The Balaban J connectivity index is 0. The van der Waals surface area contributed by atoms with Crippen molar-refractivity contribution in [1.29, 1.82) is 5.26 Å². The van der Waals surface area contributed by atoms with E-state index in [4.69, 9.17) is 23.8 Å². The van der Waals surface area contributed by atoms with Gasteiger partial charge in [0.2, 0.25) is 12.7 Å². The van der Waals surface area contributed by atoms with Crippen LogP contribution >= 0.6 is 7.60 Å². The van der Waals surface area contributed by atoms with E-state index < -0.39 is 49.2 Å². The third kappa shape index (κ3) is 11.9. The maximum absolute atomic E-state index is 12.7. The van der Waals surface area contributed by atoms with Crippen molar-refractivity contribution in [3.63, 3.8) is 0 Å². The predicted octanol–water partition coefficient (Wildman–Crippen LogP) is 3.40. The van der Waals surface area contributed by atoms with Crippen molar-refractivity contribution in [2.45, 2.75) is 66.9 Å². The van der Waals surface area contributed by atoms with Crippen LogP contribution in [0.1, 0.15) is 62.2 Å². The molecular weight excluding hydrogens is 427 g/mol. The Hall–Kier alpha value is -1.95. The number of amides is 1. The molecule has 0 aliphatic carbocycles. The Kier molecular flexibility index (Phi) is 12.0. The summed E-state index contributed by atoms with van der Waals surface area (Å²) < 4.78 is 33.2. The van der Waals surface area contributed by atoms with E-state index >= 15 is 0 Å². The highest BCUT2D eigenvalue weighted by Gasteiger charge is 2.39. The third-order valence-corrected chi connectivity index (χ3v) is 5.52. The number of hydrogen-bond donors (Lipinski definition) is 1. The minimum atomic E-state index is -3.75. The fourth-order valence-electron chi connectivity index (χ4n) is 2.01. The molecule has 1 amide bonds. The summed E-state index contributed by atoms with van der Waals surface area (Å²) in [4.78, 5) is 36.1. The minimum Gasteiger partial charge on any atom is -0.465 e. The molecule has 0 unspecified atom stereocenters. The SMILES string of the molecule is CCC(C)(C)[C@@H](O[P@@](C)(=O)OCOC(=O)C(C)(C)C)C(=O)NCCC(=O)OCCC#N.[HH]. The van der Waals surface area contributed by atoms with Crippen LogP contribution < -0.4 is 5.32 Å². The van der Waals surface area contributed by atoms with Crippen LogP contribution in [0.4, 0.5) is 0 Å². The summed E-state index contributed by atoms with van der Waals surface area (Å²) in [7, 11) is -3.75. The second kappa shape index (κ2) is 12.8. The first kappa shape index (κ1) is 29.1. The van der Waals surface area contributed by atoms with Gasteiger partial charge in [0.1, 0.15) is 6.61 Å². The zero-order valence-electron chi connectivity index (χ0n) is 19.5. The first-order valence-electron chi connectivity index (χ1n) is 10.0. The van der Waals surface area contributed by atoms with Gasteiger partial charge in [0, 0.05) is 20.1 Å². The minimum absolute atomic E-state index is 0. The van der Waals surface area contributed by atoms with Gasteiger partial charge >= 0.3 is 19.5 Å². The van der Waals surface area contributed by atoms with E-state index in [0.29, 0.717) is 6.42 Å². The van der Waals surface area contributed by atoms with Gasteiger partial charge in [-0.1, -0.05) is 20.8 Å². The van der Waals surface area contributed by atoms with Gasteiger partial charge in [-0.15, -0.1) is 0 Å². The van der Waals surface area contributed by atoms with E-state index in [0.717, 1.165) is 0 Å². The van der Waals surface area contributed by atoms with Gasteiger partial charge < -0.3 is 14.8 Å². The van der Waals surface area contributed by atoms with Crippen molar-refractivity contribution >= 4 is 25.4 Å². The highest BCUT2D eigenvalue weighted by molar-refractivity contribution is 7.53. The molecule has 0 rings (SSSR count). The summed E-state index contributed by atoms with van der Waals surface area (Å²) in [6.45, 7) is 11.0. The largest absolute Gasteiger partial charge is 0.465 e. The number of carbonyl (C=O) groups excluding carboxylic acids is 3. The third-order valence-electron chi connectivity index (χ3n) is 4.35. The molecular formula is C20H37N2O8P. The lowest BCUT2D eigenvalue weighted by Gasteiger charge is -2.33. The van der Waals surface area contributed by atoms with Gasteiger partial charge in [0.25, 0.3) is 0 Å². The molecule has 10 nitrogen and oxygen atoms in total. The van der Waals surface area contributed by atoms with Crippen molar-refractivity contribution in [2.24, 2.45) is 10.8 Å². The molecule has 0 fully saturated rings. The Morgan fingerprint density at radius 3 is 2.29 bits per heavy atom. The fourth-order valence-corrected chi connectivity index (χ4v) is 3.08. The maximum atomic E-state index is 12.7. The van der Waals surface area contributed by atoms with E-state index in [2.05, 4.69) is 5.32 Å². The highest BCUT2D eigenvalue weighted by Crippen LogP contribution is 2.48. The number of hydrogen-bond acceptors (Lipinski definition) is 9. The van der Waals surface area contributed by atoms with Crippen LogP contribution in [-0.4, -0.2) is 50.6 Å². The molecule has 0 heterocycles. The molecule has 1 N–H and O–H groups in total. The van der Waals surface area contributed by atoms with E-state index in [-0.39, 0.29) is 27.4 Å². The van der Waals surface area contributed by atoms with Gasteiger partial charge in [0.15, 0.2) is 6.10 Å². The number of ether oxygens (including phenoxy) is 2. The number of nitrogens with zero attached hydrogens (tertiary/aromatic N) is 1. The van der Waals surface area contributed by atoms with Gasteiger partial charge in [-0.2, -0.15) is 5.26 Å². The summed E-state index contributed by atoms with van der Waals surface area (Å²) in [5, 5.41) is 11.0. The lowest BCUT2D eigenvalue weighted by atomic mass is 9.83. The topological polar surface area (TPSA) is 141 Å². The molecule has 0 aromatic rings. The molecule has 0 radical (unpaired) electrons. The monoisotopic (exact) mass is 464 g/mol. The molecule has 0 saturated heterocycles. The maximum Gasteiger partial charge on any atom is 0.331 e. The van der Waals surface area contributed by atoms with Crippen LogP contribution in [0.25, 0.3) is 0 Å². The Morgan fingerprint density at radius 2 is 1.77 bits per heavy atom. The lowest BCUT2D eigenvalue weighted by molar-refractivity contribution is -0.160. The first-order valence-corrected chi connectivity index (χ1v) is 12.0. The van der Waals surface area contributed by atoms with E-state index in [1.807, 2.05) is 13.0 Å². The van der Waals surface area contributed by atoms with Crippen LogP contribution in [-0.2, 0) is 37.5 Å². The Labute approximate surface area is 186 Å². The number of nitrogens with one attached hydrogen (secondary N) is 1. The molecule has 11 heteroatoms. The van der Waals surface area contributed by atoms with Crippen molar-refractivity contribution in [3.8, 4) is 6.07 Å². The second-order valence-corrected chi connectivity index (χ2v) is 10.7. The molecule has 0 aliphatic heterocycles. The number of esters is 2. The van der Waals surface area contributed by atoms with Gasteiger partial charge in [-0.25, -0.2) is 0 Å². The Bertz CT molecular complexity index is 715. The lowest BCUT2D eigenvalue weighted by Crippen LogP contribution is -2.45. The zero-order chi connectivity index (χ0) is 24.3. The summed E-state index contributed by atoms with van der Waals surface area (Å²) in [5.74, 6) is -1.64. The van der Waals surface area contributed by atoms with Crippen LogP contribution in [0.3, 0.4) is 0 Å². The smallest absolute Gasteiger partial charge is 0.331 e. The molecule has 0 spiro atoms. The zero-order valence-corrected chi connectivity index (χ0v) is 20.4. The number of nitriles is 1. The molecule has 0 aromatic heterocycles.